The van der Waals surface area contributed by atoms with Crippen molar-refractivity contribution in [2.24, 2.45) is 5.92 Å². The van der Waals surface area contributed by atoms with Gasteiger partial charge in [-0.1, -0.05) is 0 Å². The van der Waals surface area contributed by atoms with Crippen LogP contribution in [-0.4, -0.2) is 44.4 Å². The predicted octanol–water partition coefficient (Wildman–Crippen LogP) is -1.00. The molecule has 0 saturated heterocycles. The predicted molar refractivity (Wildman–Crippen MR) is 41.6 cm³/mol. The summed E-state index contributed by atoms with van der Waals surface area (Å²) in [5.74, 6) is -6.04. The maximum atomic E-state index is 10.4. The lowest BCUT2D eigenvalue weighted by atomic mass is 9.97. The maximum Gasteiger partial charge on any atom is 0.333 e. The molecule has 0 aliphatic heterocycles. The smallest absolute Gasteiger partial charge is 0.333 e. The molecule has 0 aromatic carbocycles. The Morgan fingerprint density at radius 2 is 1.50 bits per heavy atom. The Kier molecular flexibility index (Phi) is 4.57. The number of aliphatic carboxylic acids is 3. The Morgan fingerprint density at radius 1 is 1.00 bits per heavy atom. The molecule has 14 heavy (non-hydrogen) atoms. The maximum absolute atomic E-state index is 10.4. The molecule has 4 N–H and O–H groups in total. The molecule has 0 radical (unpaired) electrons. The van der Waals surface area contributed by atoms with Crippen molar-refractivity contribution in [1.82, 2.24) is 0 Å². The second-order valence-electron chi connectivity index (χ2n) is 2.66. The molecule has 0 saturated carbocycles. The number of rotatable bonds is 6. The molecule has 0 aromatic rings. The minimum absolute atomic E-state index is 0.419. The minimum atomic E-state index is -2.08. The fraction of sp³-hybridized carbons (Fsp3) is 0.571. The van der Waals surface area contributed by atoms with Crippen LogP contribution in [0.25, 0.3) is 0 Å². The van der Waals surface area contributed by atoms with Crippen molar-refractivity contribution in [2.45, 2.75) is 18.9 Å². The summed E-state index contributed by atoms with van der Waals surface area (Å²) in [4.78, 5) is 30.8. The van der Waals surface area contributed by atoms with Crippen LogP contribution in [0, 0.1) is 5.92 Å². The molecular weight excluding hydrogens is 196 g/mol. The summed E-state index contributed by atoms with van der Waals surface area (Å²) in [5.41, 5.74) is 0. The van der Waals surface area contributed by atoms with Crippen LogP contribution in [0.15, 0.2) is 0 Å². The van der Waals surface area contributed by atoms with Gasteiger partial charge in [0, 0.05) is 6.42 Å². The first-order valence-corrected chi connectivity index (χ1v) is 3.71. The van der Waals surface area contributed by atoms with Crippen molar-refractivity contribution >= 4 is 17.9 Å². The molecule has 0 heterocycles. The molecule has 0 unspecified atom stereocenters. The van der Waals surface area contributed by atoms with Gasteiger partial charge in [0.05, 0.1) is 5.92 Å². The Hall–Kier alpha value is -1.63. The topological polar surface area (TPSA) is 132 Å². The number of carbonyl (C=O) groups is 3. The van der Waals surface area contributed by atoms with Crippen molar-refractivity contribution in [3.05, 3.63) is 0 Å². The SMILES string of the molecule is O=C(O)CC[C@@H](C(=O)O)[C@@H](O)C(=O)O. The van der Waals surface area contributed by atoms with E-state index in [9.17, 15) is 14.4 Å². The monoisotopic (exact) mass is 206 g/mol. The van der Waals surface area contributed by atoms with Gasteiger partial charge >= 0.3 is 17.9 Å². The average Bonchev–Trinajstić information content (AvgIpc) is 2.02. The standard InChI is InChI=1S/C7H10O7/c8-4(9)2-1-3(6(11)12)5(10)7(13)14/h3,5,10H,1-2H2,(H,8,9)(H,11,12)(H,13,14)/t3-,5-/m1/s1. The normalized spacial score (nSPS) is 14.4. The highest BCUT2D eigenvalue weighted by Crippen LogP contribution is 2.12. The fourth-order valence-corrected chi connectivity index (χ4v) is 0.867. The highest BCUT2D eigenvalue weighted by Gasteiger charge is 2.32. The Morgan fingerprint density at radius 3 is 1.79 bits per heavy atom. The van der Waals surface area contributed by atoms with Gasteiger partial charge in [-0.3, -0.25) is 9.59 Å². The van der Waals surface area contributed by atoms with Crippen LogP contribution in [0.4, 0.5) is 0 Å². The average molecular weight is 206 g/mol. The van der Waals surface area contributed by atoms with Crippen molar-refractivity contribution in [2.75, 3.05) is 0 Å². The first kappa shape index (κ1) is 12.4. The Bertz CT molecular complexity index is 246. The molecule has 0 bridgehead atoms. The highest BCUT2D eigenvalue weighted by atomic mass is 16.4. The lowest BCUT2D eigenvalue weighted by Crippen LogP contribution is -2.35. The third-order valence-electron chi connectivity index (χ3n) is 1.62. The quantitative estimate of drug-likeness (QED) is 0.438. The molecule has 7 heteroatoms. The van der Waals surface area contributed by atoms with Crippen LogP contribution in [0.2, 0.25) is 0 Å². The molecule has 0 aliphatic rings. The van der Waals surface area contributed by atoms with Crippen molar-refractivity contribution in [3.8, 4) is 0 Å². The number of aliphatic hydroxyl groups is 1. The van der Waals surface area contributed by atoms with Gasteiger partial charge in [-0.25, -0.2) is 4.79 Å². The van der Waals surface area contributed by atoms with Gasteiger partial charge in [0.25, 0.3) is 0 Å². The molecule has 2 atom stereocenters. The van der Waals surface area contributed by atoms with E-state index >= 15 is 0 Å². The summed E-state index contributed by atoms with van der Waals surface area (Å²) in [7, 11) is 0. The van der Waals surface area contributed by atoms with E-state index in [1.54, 1.807) is 0 Å². The van der Waals surface area contributed by atoms with Gasteiger partial charge in [-0.05, 0) is 6.42 Å². The van der Waals surface area contributed by atoms with Crippen molar-refractivity contribution in [1.29, 1.82) is 0 Å². The number of carboxylic acid groups (broad SMARTS) is 3. The van der Waals surface area contributed by atoms with Gasteiger partial charge in [-0.2, -0.15) is 0 Å². The minimum Gasteiger partial charge on any atom is -0.481 e. The van der Waals surface area contributed by atoms with Gasteiger partial charge in [0.1, 0.15) is 0 Å². The highest BCUT2D eigenvalue weighted by molar-refractivity contribution is 5.82. The lowest BCUT2D eigenvalue weighted by Gasteiger charge is -2.13. The van der Waals surface area contributed by atoms with Crippen LogP contribution in [-0.2, 0) is 14.4 Å². The summed E-state index contributed by atoms with van der Waals surface area (Å²) in [6.45, 7) is 0. The number of hydrogen-bond donors (Lipinski definition) is 4. The zero-order valence-corrected chi connectivity index (χ0v) is 7.08. The molecule has 0 aromatic heterocycles. The van der Waals surface area contributed by atoms with Crippen molar-refractivity contribution in [3.63, 3.8) is 0 Å². The van der Waals surface area contributed by atoms with Gasteiger partial charge in [0.2, 0.25) is 0 Å². The van der Waals surface area contributed by atoms with E-state index in [0.717, 1.165) is 0 Å². The van der Waals surface area contributed by atoms with E-state index in [1.807, 2.05) is 0 Å². The third kappa shape index (κ3) is 3.85. The molecule has 0 fully saturated rings. The number of aliphatic hydroxyl groups excluding tert-OH is 1. The van der Waals surface area contributed by atoms with E-state index in [-0.39, 0.29) is 0 Å². The zero-order chi connectivity index (χ0) is 11.3. The van der Waals surface area contributed by atoms with Gasteiger partial charge in [-0.15, -0.1) is 0 Å². The van der Waals surface area contributed by atoms with Crippen molar-refractivity contribution < 1.29 is 34.8 Å². The lowest BCUT2D eigenvalue weighted by molar-refractivity contribution is -0.160. The molecule has 0 aliphatic carbocycles. The summed E-state index contributed by atoms with van der Waals surface area (Å²) >= 11 is 0. The largest absolute Gasteiger partial charge is 0.481 e. The molecule has 0 rings (SSSR count). The Balaban J connectivity index is 4.37. The van der Waals surface area contributed by atoms with Crippen LogP contribution < -0.4 is 0 Å². The van der Waals surface area contributed by atoms with Crippen LogP contribution in [0.1, 0.15) is 12.8 Å². The van der Waals surface area contributed by atoms with E-state index < -0.39 is 42.8 Å². The summed E-state index contributed by atoms with van der Waals surface area (Å²) in [5, 5.41) is 33.9. The summed E-state index contributed by atoms with van der Waals surface area (Å²) < 4.78 is 0. The molecule has 0 amide bonds. The zero-order valence-electron chi connectivity index (χ0n) is 7.08. The van der Waals surface area contributed by atoms with Crippen LogP contribution in [0.3, 0.4) is 0 Å². The molecular formula is C7H10O7. The summed E-state index contributed by atoms with van der Waals surface area (Å²) in [6.07, 6.45) is -2.99. The first-order chi connectivity index (χ1) is 6.36. The molecule has 0 spiro atoms. The Labute approximate surface area is 78.6 Å². The number of carboxylic acids is 3. The second kappa shape index (κ2) is 5.18. The first-order valence-electron chi connectivity index (χ1n) is 3.71. The number of hydrogen-bond acceptors (Lipinski definition) is 4. The molecule has 7 nitrogen and oxygen atoms in total. The van der Waals surface area contributed by atoms with Gasteiger partial charge in [0.15, 0.2) is 6.10 Å². The third-order valence-corrected chi connectivity index (χ3v) is 1.62. The summed E-state index contributed by atoms with van der Waals surface area (Å²) in [6, 6.07) is 0. The van der Waals surface area contributed by atoms with E-state index in [0.29, 0.717) is 0 Å². The molecule has 80 valence electrons. The van der Waals surface area contributed by atoms with Gasteiger partial charge < -0.3 is 20.4 Å². The van der Waals surface area contributed by atoms with Crippen LogP contribution in [0.5, 0.6) is 0 Å². The van der Waals surface area contributed by atoms with Crippen LogP contribution >= 0.6 is 0 Å². The fourth-order valence-electron chi connectivity index (χ4n) is 0.867. The van der Waals surface area contributed by atoms with E-state index in [2.05, 4.69) is 0 Å². The second-order valence-corrected chi connectivity index (χ2v) is 2.66. The van der Waals surface area contributed by atoms with E-state index in [4.69, 9.17) is 20.4 Å². The van der Waals surface area contributed by atoms with E-state index in [1.165, 1.54) is 0 Å².